The van der Waals surface area contributed by atoms with Gasteiger partial charge in [0.05, 0.1) is 12.6 Å². The number of aromatic amines is 1. The molecule has 1 fully saturated rings. The number of hydrogen-bond acceptors (Lipinski definition) is 6. The number of carbonyl (C=O) groups is 3. The fourth-order valence-corrected chi connectivity index (χ4v) is 6.34. The van der Waals surface area contributed by atoms with Crippen molar-refractivity contribution in [2.75, 3.05) is 19.6 Å². The van der Waals surface area contributed by atoms with Crippen LogP contribution in [-0.2, 0) is 22.6 Å². The van der Waals surface area contributed by atoms with Gasteiger partial charge in [-0.1, -0.05) is 30.3 Å². The molecule has 4 aromatic rings. The van der Waals surface area contributed by atoms with E-state index >= 15 is 0 Å². The standard InChI is InChI=1S/C33H36FN7O4/c1-21-36-31-27(18-22-8-3-2-4-9-22)37-32(44)28-10-5-6-15-40(28)29(42)11-7-14-39(16-17-41(31)38-21)33(45)25-20-35-26-13-12-23(34)19-24(26)30(25)43/h2-4,8-9,12-13,19-20,27-28H,5-7,10-11,14-18H2,1H3,(H,35,43)(H,37,44)/t27-,28+/m1/s1. The fourth-order valence-electron chi connectivity index (χ4n) is 6.34. The summed E-state index contributed by atoms with van der Waals surface area (Å²) < 4.78 is 15.7. The van der Waals surface area contributed by atoms with E-state index in [9.17, 15) is 23.6 Å². The van der Waals surface area contributed by atoms with Crippen LogP contribution < -0.4 is 10.7 Å². The summed E-state index contributed by atoms with van der Waals surface area (Å²) in [5, 5.41) is 7.88. The molecule has 0 saturated carbocycles. The van der Waals surface area contributed by atoms with Crippen molar-refractivity contribution >= 4 is 28.6 Å². The number of carbonyl (C=O) groups excluding carboxylic acids is 3. The van der Waals surface area contributed by atoms with Crippen molar-refractivity contribution in [2.24, 2.45) is 0 Å². The van der Waals surface area contributed by atoms with Gasteiger partial charge in [0.2, 0.25) is 17.2 Å². The zero-order valence-corrected chi connectivity index (χ0v) is 25.2. The average Bonchev–Trinajstić information content (AvgIpc) is 3.42. The molecule has 0 spiro atoms. The highest BCUT2D eigenvalue weighted by Gasteiger charge is 2.34. The summed E-state index contributed by atoms with van der Waals surface area (Å²) in [5.41, 5.74) is 0.745. The number of hydrogen-bond donors (Lipinski definition) is 2. The Kier molecular flexibility index (Phi) is 8.72. The monoisotopic (exact) mass is 613 g/mol. The van der Waals surface area contributed by atoms with Crippen molar-refractivity contribution in [3.05, 3.63) is 93.5 Å². The molecule has 2 aliphatic heterocycles. The summed E-state index contributed by atoms with van der Waals surface area (Å²) in [5.74, 6) is -0.389. The first-order valence-corrected chi connectivity index (χ1v) is 15.4. The molecule has 1 saturated heterocycles. The van der Waals surface area contributed by atoms with Crippen LogP contribution in [0.5, 0.6) is 0 Å². The van der Waals surface area contributed by atoms with Gasteiger partial charge in [0, 0.05) is 43.2 Å². The molecule has 2 aliphatic rings. The zero-order valence-electron chi connectivity index (χ0n) is 25.2. The smallest absolute Gasteiger partial charge is 0.259 e. The van der Waals surface area contributed by atoms with Crippen LogP contribution in [-0.4, -0.2) is 72.9 Å². The van der Waals surface area contributed by atoms with Crippen LogP contribution in [0.4, 0.5) is 4.39 Å². The first kappa shape index (κ1) is 30.2. The van der Waals surface area contributed by atoms with Crippen molar-refractivity contribution in [3.8, 4) is 0 Å². The Labute approximate surface area is 259 Å². The van der Waals surface area contributed by atoms with Gasteiger partial charge in [-0.3, -0.25) is 19.2 Å². The SMILES string of the molecule is Cc1nc2n(n1)CCN(C(=O)c1c[nH]c3ccc(F)cc3c1=O)CCCC(=O)N1CCCC[C@H]1C(=O)N[C@@H]2Cc1ccccc1. The lowest BCUT2D eigenvalue weighted by Crippen LogP contribution is -2.53. The number of nitrogens with zero attached hydrogens (tertiary/aromatic N) is 5. The summed E-state index contributed by atoms with van der Waals surface area (Å²) in [4.78, 5) is 65.2. The topological polar surface area (TPSA) is 133 Å². The predicted molar refractivity (Wildman–Crippen MR) is 165 cm³/mol. The Balaban J connectivity index is 1.36. The Morgan fingerprint density at radius 1 is 1.00 bits per heavy atom. The minimum atomic E-state index is -0.598. The van der Waals surface area contributed by atoms with Gasteiger partial charge in [0.25, 0.3) is 5.91 Å². The molecular weight excluding hydrogens is 577 g/mol. The summed E-state index contributed by atoms with van der Waals surface area (Å²) in [6.45, 7) is 2.87. The van der Waals surface area contributed by atoms with Gasteiger partial charge < -0.3 is 20.1 Å². The molecule has 2 atom stereocenters. The van der Waals surface area contributed by atoms with E-state index in [1.807, 2.05) is 30.3 Å². The minimum Gasteiger partial charge on any atom is -0.360 e. The van der Waals surface area contributed by atoms with Gasteiger partial charge in [-0.05, 0) is 62.8 Å². The molecule has 0 unspecified atom stereocenters. The Morgan fingerprint density at radius 3 is 2.64 bits per heavy atom. The van der Waals surface area contributed by atoms with Crippen molar-refractivity contribution < 1.29 is 18.8 Å². The second-order valence-electron chi connectivity index (χ2n) is 11.7. The number of amides is 3. The van der Waals surface area contributed by atoms with Crippen molar-refractivity contribution in [3.63, 3.8) is 0 Å². The van der Waals surface area contributed by atoms with Gasteiger partial charge >= 0.3 is 0 Å². The molecule has 2 N–H and O–H groups in total. The van der Waals surface area contributed by atoms with Crippen LogP contribution in [0, 0.1) is 12.7 Å². The molecular formula is C33H36FN7O4. The summed E-state index contributed by atoms with van der Waals surface area (Å²) in [6, 6.07) is 12.4. The predicted octanol–water partition coefficient (Wildman–Crippen LogP) is 3.28. The highest BCUT2D eigenvalue weighted by molar-refractivity contribution is 5.97. The van der Waals surface area contributed by atoms with Crippen LogP contribution in [0.25, 0.3) is 10.9 Å². The number of aromatic nitrogens is 4. The molecule has 0 aliphatic carbocycles. The molecule has 2 aromatic carbocycles. The highest BCUT2D eigenvalue weighted by atomic mass is 19.1. The van der Waals surface area contributed by atoms with Crippen molar-refractivity contribution in [2.45, 2.75) is 64.1 Å². The van der Waals surface area contributed by atoms with E-state index in [4.69, 9.17) is 4.98 Å². The number of benzene rings is 2. The maximum absolute atomic E-state index is 14.0. The van der Waals surface area contributed by atoms with Crippen LogP contribution in [0.3, 0.4) is 0 Å². The van der Waals surface area contributed by atoms with Gasteiger partial charge in [0.1, 0.15) is 29.1 Å². The largest absolute Gasteiger partial charge is 0.360 e. The number of H-pyrrole nitrogens is 1. The average molecular weight is 614 g/mol. The first-order chi connectivity index (χ1) is 21.8. The first-order valence-electron chi connectivity index (χ1n) is 15.4. The minimum absolute atomic E-state index is 0.0861. The van der Waals surface area contributed by atoms with E-state index in [0.717, 1.165) is 24.5 Å². The molecule has 2 aromatic heterocycles. The molecule has 11 nitrogen and oxygen atoms in total. The van der Waals surface area contributed by atoms with Gasteiger partial charge in [-0.2, -0.15) is 5.10 Å². The number of piperidine rings is 1. The zero-order chi connectivity index (χ0) is 31.5. The van der Waals surface area contributed by atoms with Gasteiger partial charge in [-0.25, -0.2) is 14.1 Å². The number of pyridine rings is 1. The number of halogens is 1. The second-order valence-corrected chi connectivity index (χ2v) is 11.7. The Morgan fingerprint density at radius 2 is 1.82 bits per heavy atom. The molecule has 0 radical (unpaired) electrons. The fraction of sp³-hybridized carbons (Fsp3) is 0.394. The summed E-state index contributed by atoms with van der Waals surface area (Å²) >= 11 is 0. The Bertz CT molecular complexity index is 1790. The van der Waals surface area contributed by atoms with E-state index in [0.29, 0.717) is 43.0 Å². The summed E-state index contributed by atoms with van der Waals surface area (Å²) in [7, 11) is 0. The van der Waals surface area contributed by atoms with E-state index in [2.05, 4.69) is 15.4 Å². The molecule has 234 valence electrons. The van der Waals surface area contributed by atoms with Crippen LogP contribution >= 0.6 is 0 Å². The third kappa shape index (κ3) is 6.50. The van der Waals surface area contributed by atoms with Crippen LogP contribution in [0.2, 0.25) is 0 Å². The van der Waals surface area contributed by atoms with Crippen LogP contribution in [0.1, 0.15) is 65.7 Å². The molecule has 0 bridgehead atoms. The van der Waals surface area contributed by atoms with Gasteiger partial charge in [0.15, 0.2) is 0 Å². The lowest BCUT2D eigenvalue weighted by molar-refractivity contribution is -0.142. The quantitative estimate of drug-likeness (QED) is 0.365. The van der Waals surface area contributed by atoms with Crippen molar-refractivity contribution in [1.82, 2.24) is 34.9 Å². The van der Waals surface area contributed by atoms with E-state index in [-0.39, 0.29) is 48.8 Å². The molecule has 6 rings (SSSR count). The third-order valence-corrected chi connectivity index (χ3v) is 8.60. The molecule has 3 amide bonds. The molecule has 12 heteroatoms. The number of fused-ring (bicyclic) bond motifs is 3. The molecule has 4 heterocycles. The number of aryl methyl sites for hydroxylation is 1. The lowest BCUT2D eigenvalue weighted by Gasteiger charge is -2.36. The second kappa shape index (κ2) is 13.0. The number of nitrogens with one attached hydrogen (secondary N) is 2. The van der Waals surface area contributed by atoms with Crippen LogP contribution in [0.15, 0.2) is 59.5 Å². The van der Waals surface area contributed by atoms with Crippen molar-refractivity contribution in [1.29, 1.82) is 0 Å². The lowest BCUT2D eigenvalue weighted by atomic mass is 9.99. The normalized spacial score (nSPS) is 19.9. The van der Waals surface area contributed by atoms with E-state index < -0.39 is 29.2 Å². The maximum Gasteiger partial charge on any atom is 0.259 e. The van der Waals surface area contributed by atoms with E-state index in [1.165, 1.54) is 23.2 Å². The third-order valence-electron chi connectivity index (χ3n) is 8.60. The number of rotatable bonds is 3. The summed E-state index contributed by atoms with van der Waals surface area (Å²) in [6.07, 6.45) is 4.52. The van der Waals surface area contributed by atoms with Gasteiger partial charge in [-0.15, -0.1) is 0 Å². The van der Waals surface area contributed by atoms with E-state index in [1.54, 1.807) is 16.5 Å². The molecule has 45 heavy (non-hydrogen) atoms. The highest BCUT2D eigenvalue weighted by Crippen LogP contribution is 2.23. The Hall–Kier alpha value is -4.87. The maximum atomic E-state index is 14.0.